The molecule has 0 amide bonds. The van der Waals surface area contributed by atoms with Gasteiger partial charge in [0.2, 0.25) is 0 Å². The highest BCUT2D eigenvalue weighted by atomic mass is 79.9. The molecule has 0 radical (unpaired) electrons. The second-order valence-electron chi connectivity index (χ2n) is 5.13. The van der Waals surface area contributed by atoms with Crippen LogP contribution in [0.2, 0.25) is 0 Å². The van der Waals surface area contributed by atoms with Gasteiger partial charge in [0.25, 0.3) is 0 Å². The summed E-state index contributed by atoms with van der Waals surface area (Å²) in [6.07, 6.45) is 7.53. The summed E-state index contributed by atoms with van der Waals surface area (Å²) in [5.74, 6) is 1.01. The Morgan fingerprint density at radius 3 is 3.00 bits per heavy atom. The van der Waals surface area contributed by atoms with Crippen LogP contribution in [-0.4, -0.2) is 22.1 Å². The van der Waals surface area contributed by atoms with Crippen LogP contribution < -0.4 is 5.32 Å². The third-order valence-corrected chi connectivity index (χ3v) is 4.38. The summed E-state index contributed by atoms with van der Waals surface area (Å²) in [6.45, 7) is 3.18. The summed E-state index contributed by atoms with van der Waals surface area (Å²) < 4.78 is 3.23. The van der Waals surface area contributed by atoms with Gasteiger partial charge in [-0.2, -0.15) is 0 Å². The Hall–Kier alpha value is -1.13. The fourth-order valence-electron chi connectivity index (χ4n) is 2.72. The number of imidazole rings is 1. The quantitative estimate of drug-likeness (QED) is 0.941. The molecule has 1 aliphatic heterocycles. The second-order valence-corrected chi connectivity index (χ2v) is 5.98. The highest BCUT2D eigenvalue weighted by Crippen LogP contribution is 2.24. The Morgan fingerprint density at radius 1 is 1.47 bits per heavy atom. The molecule has 2 aromatic rings. The van der Waals surface area contributed by atoms with E-state index < -0.39 is 0 Å². The van der Waals surface area contributed by atoms with E-state index >= 15 is 0 Å². The molecule has 1 aromatic heterocycles. The molecule has 1 fully saturated rings. The lowest BCUT2D eigenvalue weighted by molar-refractivity contribution is 0.603. The Balaban J connectivity index is 1.83. The Kier molecular flexibility index (Phi) is 3.71. The molecule has 2 heterocycles. The summed E-state index contributed by atoms with van der Waals surface area (Å²) >= 11 is 3.68. The van der Waals surface area contributed by atoms with Gasteiger partial charge in [0.05, 0.1) is 5.69 Å². The van der Waals surface area contributed by atoms with Crippen LogP contribution in [0, 0.1) is 6.92 Å². The molecule has 4 heteroatoms. The Morgan fingerprint density at radius 2 is 2.37 bits per heavy atom. The van der Waals surface area contributed by atoms with Crippen LogP contribution in [0.3, 0.4) is 0 Å². The first kappa shape index (κ1) is 12.9. The first-order chi connectivity index (χ1) is 9.24. The first-order valence-corrected chi connectivity index (χ1v) is 7.55. The number of halogens is 1. The highest BCUT2D eigenvalue weighted by molar-refractivity contribution is 9.10. The zero-order valence-electron chi connectivity index (χ0n) is 11.1. The van der Waals surface area contributed by atoms with Gasteiger partial charge in [-0.3, -0.25) is 0 Å². The van der Waals surface area contributed by atoms with Gasteiger partial charge in [0.15, 0.2) is 0 Å². The average molecular weight is 320 g/mol. The molecule has 1 atom stereocenters. The summed E-state index contributed by atoms with van der Waals surface area (Å²) in [7, 11) is 0. The van der Waals surface area contributed by atoms with E-state index in [0.29, 0.717) is 6.04 Å². The minimum Gasteiger partial charge on any atom is -0.314 e. The van der Waals surface area contributed by atoms with Crippen LogP contribution in [0.25, 0.3) is 5.69 Å². The fourth-order valence-corrected chi connectivity index (χ4v) is 3.34. The number of hydrogen-bond donors (Lipinski definition) is 1. The summed E-state index contributed by atoms with van der Waals surface area (Å²) in [5, 5.41) is 3.55. The van der Waals surface area contributed by atoms with Gasteiger partial charge in [-0.05, 0) is 66.4 Å². The highest BCUT2D eigenvalue weighted by Gasteiger charge is 2.15. The van der Waals surface area contributed by atoms with Gasteiger partial charge in [-0.15, -0.1) is 0 Å². The van der Waals surface area contributed by atoms with Crippen LogP contribution in [0.5, 0.6) is 0 Å². The fraction of sp³-hybridized carbons (Fsp3) is 0.400. The third kappa shape index (κ3) is 2.74. The SMILES string of the molecule is Cc1nccn1-c1ccc(CC2CCCN2)cc1Br. The van der Waals surface area contributed by atoms with Crippen molar-refractivity contribution in [2.45, 2.75) is 32.2 Å². The number of hydrogen-bond acceptors (Lipinski definition) is 2. The molecule has 0 bridgehead atoms. The molecular weight excluding hydrogens is 302 g/mol. The molecule has 0 aliphatic carbocycles. The number of rotatable bonds is 3. The molecule has 0 spiro atoms. The predicted octanol–water partition coefficient (Wildman–Crippen LogP) is 3.24. The number of nitrogens with zero attached hydrogens (tertiary/aromatic N) is 2. The molecule has 0 saturated carbocycles. The molecule has 100 valence electrons. The van der Waals surface area contributed by atoms with Crippen molar-refractivity contribution in [3.63, 3.8) is 0 Å². The van der Waals surface area contributed by atoms with E-state index in [1.165, 1.54) is 18.4 Å². The minimum absolute atomic E-state index is 0.646. The van der Waals surface area contributed by atoms with Gasteiger partial charge in [-0.25, -0.2) is 4.98 Å². The van der Waals surface area contributed by atoms with Crippen molar-refractivity contribution in [2.75, 3.05) is 6.54 Å². The predicted molar refractivity (Wildman–Crippen MR) is 80.7 cm³/mol. The molecule has 3 rings (SSSR count). The zero-order valence-corrected chi connectivity index (χ0v) is 12.7. The van der Waals surface area contributed by atoms with Crippen molar-refractivity contribution in [3.8, 4) is 5.69 Å². The maximum Gasteiger partial charge on any atom is 0.110 e. The summed E-state index contributed by atoms with van der Waals surface area (Å²) in [6, 6.07) is 7.27. The van der Waals surface area contributed by atoms with Gasteiger partial charge >= 0.3 is 0 Å². The molecule has 1 aliphatic rings. The maximum atomic E-state index is 4.27. The van der Waals surface area contributed by atoms with Crippen LogP contribution in [0.1, 0.15) is 24.2 Å². The molecule has 3 nitrogen and oxygen atoms in total. The molecule has 1 aromatic carbocycles. The van der Waals surface area contributed by atoms with Crippen molar-refractivity contribution in [1.29, 1.82) is 0 Å². The molecule has 1 N–H and O–H groups in total. The zero-order chi connectivity index (χ0) is 13.2. The lowest BCUT2D eigenvalue weighted by Gasteiger charge is -2.13. The smallest absolute Gasteiger partial charge is 0.110 e. The normalized spacial score (nSPS) is 18.9. The molecule has 19 heavy (non-hydrogen) atoms. The van der Waals surface area contributed by atoms with Crippen LogP contribution in [0.15, 0.2) is 35.1 Å². The van der Waals surface area contributed by atoms with E-state index in [1.54, 1.807) is 0 Å². The van der Waals surface area contributed by atoms with Crippen LogP contribution in [0.4, 0.5) is 0 Å². The molecule has 1 saturated heterocycles. The van der Waals surface area contributed by atoms with Gasteiger partial charge in [0, 0.05) is 22.9 Å². The summed E-state index contributed by atoms with van der Waals surface area (Å²) in [5.41, 5.74) is 2.53. The van der Waals surface area contributed by atoms with E-state index in [9.17, 15) is 0 Å². The third-order valence-electron chi connectivity index (χ3n) is 3.74. The van der Waals surface area contributed by atoms with Crippen LogP contribution in [-0.2, 0) is 6.42 Å². The van der Waals surface area contributed by atoms with E-state index in [0.717, 1.165) is 29.0 Å². The number of aromatic nitrogens is 2. The van der Waals surface area contributed by atoms with Gasteiger partial charge in [-0.1, -0.05) is 6.07 Å². The van der Waals surface area contributed by atoms with Crippen molar-refractivity contribution in [2.24, 2.45) is 0 Å². The summed E-state index contributed by atoms with van der Waals surface area (Å²) in [4.78, 5) is 4.27. The lowest BCUT2D eigenvalue weighted by atomic mass is 10.0. The monoisotopic (exact) mass is 319 g/mol. The van der Waals surface area contributed by atoms with Crippen molar-refractivity contribution in [1.82, 2.24) is 14.9 Å². The van der Waals surface area contributed by atoms with E-state index in [1.807, 2.05) is 19.3 Å². The number of nitrogens with one attached hydrogen (secondary N) is 1. The average Bonchev–Trinajstić information content (AvgIpc) is 3.02. The van der Waals surface area contributed by atoms with Crippen molar-refractivity contribution in [3.05, 3.63) is 46.5 Å². The number of benzene rings is 1. The van der Waals surface area contributed by atoms with Crippen LogP contribution >= 0.6 is 15.9 Å². The van der Waals surface area contributed by atoms with E-state index in [2.05, 4.69) is 49.0 Å². The van der Waals surface area contributed by atoms with E-state index in [4.69, 9.17) is 0 Å². The van der Waals surface area contributed by atoms with Gasteiger partial charge < -0.3 is 9.88 Å². The van der Waals surface area contributed by atoms with Gasteiger partial charge in [0.1, 0.15) is 5.82 Å². The number of aryl methyl sites for hydroxylation is 1. The topological polar surface area (TPSA) is 29.9 Å². The Labute approximate surface area is 122 Å². The largest absolute Gasteiger partial charge is 0.314 e. The standard InChI is InChI=1S/C15H18BrN3/c1-11-17-7-8-19(11)15-5-4-12(10-14(15)16)9-13-3-2-6-18-13/h4-5,7-8,10,13,18H,2-3,6,9H2,1H3. The maximum absolute atomic E-state index is 4.27. The van der Waals surface area contributed by atoms with Crippen molar-refractivity contribution < 1.29 is 0 Å². The minimum atomic E-state index is 0.646. The lowest BCUT2D eigenvalue weighted by Crippen LogP contribution is -2.23. The second kappa shape index (κ2) is 5.47. The molecule has 1 unspecified atom stereocenters. The van der Waals surface area contributed by atoms with E-state index in [-0.39, 0.29) is 0 Å². The molecular formula is C15H18BrN3. The Bertz CT molecular complexity index is 571. The van der Waals surface area contributed by atoms with Crippen molar-refractivity contribution >= 4 is 15.9 Å². The first-order valence-electron chi connectivity index (χ1n) is 6.76.